The van der Waals surface area contributed by atoms with Crippen molar-refractivity contribution in [2.45, 2.75) is 32.3 Å². The van der Waals surface area contributed by atoms with Gasteiger partial charge in [-0.05, 0) is 30.5 Å². The van der Waals surface area contributed by atoms with Crippen molar-refractivity contribution in [3.8, 4) is 0 Å². The number of benzene rings is 1. The maximum absolute atomic E-state index is 11.7. The van der Waals surface area contributed by atoms with Crippen LogP contribution in [0.1, 0.15) is 31.2 Å². The quantitative estimate of drug-likeness (QED) is 0.543. The lowest BCUT2D eigenvalue weighted by Crippen LogP contribution is -2.29. The van der Waals surface area contributed by atoms with Crippen molar-refractivity contribution < 1.29 is 19.1 Å². The Balaban J connectivity index is 2.18. The van der Waals surface area contributed by atoms with Crippen LogP contribution < -0.4 is 10.6 Å². The standard InChI is InChI=1S/C16H24N2O4/c1-21-12-13-7-6-8-14(11-13)18-16(20)17-10-5-3-4-9-15(19)22-2/h6-8,11H,3-5,9-10,12H2,1-2H3,(H2,17,18,20). The Morgan fingerprint density at radius 3 is 2.68 bits per heavy atom. The van der Waals surface area contributed by atoms with Crippen LogP contribution in [0.4, 0.5) is 10.5 Å². The van der Waals surface area contributed by atoms with E-state index < -0.39 is 0 Å². The van der Waals surface area contributed by atoms with Crippen LogP contribution in [0.2, 0.25) is 0 Å². The molecule has 1 aromatic carbocycles. The number of urea groups is 1. The predicted octanol–water partition coefficient (Wildman–Crippen LogP) is 2.69. The third-order valence-corrected chi connectivity index (χ3v) is 3.07. The third-order valence-electron chi connectivity index (χ3n) is 3.07. The number of anilines is 1. The van der Waals surface area contributed by atoms with Crippen molar-refractivity contribution in [2.24, 2.45) is 0 Å². The summed E-state index contributed by atoms with van der Waals surface area (Å²) in [4.78, 5) is 22.7. The molecule has 2 N–H and O–H groups in total. The van der Waals surface area contributed by atoms with Gasteiger partial charge < -0.3 is 20.1 Å². The summed E-state index contributed by atoms with van der Waals surface area (Å²) in [5.74, 6) is -0.193. The molecule has 6 nitrogen and oxygen atoms in total. The first kappa shape index (κ1) is 18.0. The number of amides is 2. The average molecular weight is 308 g/mol. The van der Waals surface area contributed by atoms with Crippen LogP contribution >= 0.6 is 0 Å². The van der Waals surface area contributed by atoms with Gasteiger partial charge in [0.15, 0.2) is 0 Å². The summed E-state index contributed by atoms with van der Waals surface area (Å²) >= 11 is 0. The van der Waals surface area contributed by atoms with Crippen LogP contribution in [-0.4, -0.2) is 32.8 Å². The number of ether oxygens (including phenoxy) is 2. The second kappa shape index (κ2) is 10.6. The zero-order valence-corrected chi connectivity index (χ0v) is 13.2. The Labute approximate surface area is 131 Å². The zero-order chi connectivity index (χ0) is 16.2. The monoisotopic (exact) mass is 308 g/mol. The maximum Gasteiger partial charge on any atom is 0.319 e. The van der Waals surface area contributed by atoms with Crippen LogP contribution in [0.3, 0.4) is 0 Å². The molecule has 0 saturated carbocycles. The SMILES string of the molecule is COCc1cccc(NC(=O)NCCCCCC(=O)OC)c1. The molecule has 0 aliphatic carbocycles. The molecule has 6 heteroatoms. The van der Waals surface area contributed by atoms with E-state index in [2.05, 4.69) is 15.4 Å². The first-order chi connectivity index (χ1) is 10.7. The number of carbonyl (C=O) groups is 2. The van der Waals surface area contributed by atoms with Crippen LogP contribution in [-0.2, 0) is 20.9 Å². The van der Waals surface area contributed by atoms with Gasteiger partial charge in [0.1, 0.15) is 0 Å². The van der Waals surface area contributed by atoms with E-state index in [0.29, 0.717) is 19.6 Å². The molecule has 0 saturated heterocycles. The van der Waals surface area contributed by atoms with E-state index in [1.165, 1.54) is 7.11 Å². The summed E-state index contributed by atoms with van der Waals surface area (Å²) in [6, 6.07) is 7.28. The molecule has 122 valence electrons. The lowest BCUT2D eigenvalue weighted by molar-refractivity contribution is -0.140. The summed E-state index contributed by atoms with van der Waals surface area (Å²) < 4.78 is 9.61. The highest BCUT2D eigenvalue weighted by molar-refractivity contribution is 5.89. The normalized spacial score (nSPS) is 10.1. The summed E-state index contributed by atoms with van der Waals surface area (Å²) in [5, 5.41) is 5.57. The van der Waals surface area contributed by atoms with E-state index in [-0.39, 0.29) is 12.0 Å². The molecule has 0 unspecified atom stereocenters. The summed E-state index contributed by atoms with van der Waals surface area (Å²) in [7, 11) is 3.02. The fraction of sp³-hybridized carbons (Fsp3) is 0.500. The lowest BCUT2D eigenvalue weighted by atomic mass is 10.2. The molecule has 0 aromatic heterocycles. The first-order valence-electron chi connectivity index (χ1n) is 7.35. The highest BCUT2D eigenvalue weighted by Gasteiger charge is 2.03. The fourth-order valence-electron chi connectivity index (χ4n) is 1.96. The van der Waals surface area contributed by atoms with Crippen LogP contribution in [0.25, 0.3) is 0 Å². The van der Waals surface area contributed by atoms with Crippen molar-refractivity contribution in [1.82, 2.24) is 5.32 Å². The van der Waals surface area contributed by atoms with Crippen LogP contribution in [0.15, 0.2) is 24.3 Å². The molecule has 0 bridgehead atoms. The molecule has 0 aliphatic heterocycles. The highest BCUT2D eigenvalue weighted by atomic mass is 16.5. The van der Waals surface area contributed by atoms with Gasteiger partial charge in [0.25, 0.3) is 0 Å². The van der Waals surface area contributed by atoms with E-state index in [1.807, 2.05) is 24.3 Å². The van der Waals surface area contributed by atoms with E-state index in [1.54, 1.807) is 7.11 Å². The van der Waals surface area contributed by atoms with Gasteiger partial charge in [-0.25, -0.2) is 4.79 Å². The van der Waals surface area contributed by atoms with E-state index >= 15 is 0 Å². The molecule has 0 aliphatic rings. The molecule has 2 amide bonds. The number of unbranched alkanes of at least 4 members (excludes halogenated alkanes) is 2. The van der Waals surface area contributed by atoms with Crippen molar-refractivity contribution in [3.05, 3.63) is 29.8 Å². The van der Waals surface area contributed by atoms with E-state index in [4.69, 9.17) is 4.74 Å². The van der Waals surface area contributed by atoms with Gasteiger partial charge in [0.05, 0.1) is 13.7 Å². The number of rotatable bonds is 9. The van der Waals surface area contributed by atoms with Crippen molar-refractivity contribution in [1.29, 1.82) is 0 Å². The zero-order valence-electron chi connectivity index (χ0n) is 13.2. The van der Waals surface area contributed by atoms with Gasteiger partial charge in [-0.15, -0.1) is 0 Å². The molecule has 0 fully saturated rings. The molecule has 1 aromatic rings. The fourth-order valence-corrected chi connectivity index (χ4v) is 1.96. The van der Waals surface area contributed by atoms with Gasteiger partial charge in [0, 0.05) is 25.8 Å². The maximum atomic E-state index is 11.7. The minimum Gasteiger partial charge on any atom is -0.469 e. The predicted molar refractivity (Wildman–Crippen MR) is 84.7 cm³/mol. The Bertz CT molecular complexity index is 477. The van der Waals surface area contributed by atoms with Crippen LogP contribution in [0, 0.1) is 0 Å². The van der Waals surface area contributed by atoms with Gasteiger partial charge in [-0.2, -0.15) is 0 Å². The number of nitrogens with one attached hydrogen (secondary N) is 2. The molecule has 0 radical (unpaired) electrons. The molecule has 0 atom stereocenters. The average Bonchev–Trinajstić information content (AvgIpc) is 2.51. The van der Waals surface area contributed by atoms with Crippen molar-refractivity contribution in [3.63, 3.8) is 0 Å². The minimum atomic E-state index is -0.234. The lowest BCUT2D eigenvalue weighted by Gasteiger charge is -2.09. The van der Waals surface area contributed by atoms with Crippen LogP contribution in [0.5, 0.6) is 0 Å². The number of hydrogen-bond donors (Lipinski definition) is 2. The largest absolute Gasteiger partial charge is 0.469 e. The number of carbonyl (C=O) groups excluding carboxylic acids is 2. The van der Waals surface area contributed by atoms with E-state index in [0.717, 1.165) is 30.5 Å². The smallest absolute Gasteiger partial charge is 0.319 e. The molecule has 1 rings (SSSR count). The van der Waals surface area contributed by atoms with Gasteiger partial charge >= 0.3 is 12.0 Å². The topological polar surface area (TPSA) is 76.7 Å². The van der Waals surface area contributed by atoms with Gasteiger partial charge in [-0.1, -0.05) is 18.6 Å². The summed E-state index contributed by atoms with van der Waals surface area (Å²) in [6.45, 7) is 1.09. The summed E-state index contributed by atoms with van der Waals surface area (Å²) in [5.41, 5.74) is 1.74. The molecular weight excluding hydrogens is 284 g/mol. The highest BCUT2D eigenvalue weighted by Crippen LogP contribution is 2.11. The third kappa shape index (κ3) is 7.64. The first-order valence-corrected chi connectivity index (χ1v) is 7.35. The second-order valence-corrected chi connectivity index (χ2v) is 4.90. The Kier molecular flexibility index (Phi) is 8.67. The number of methoxy groups -OCH3 is 2. The van der Waals surface area contributed by atoms with Gasteiger partial charge in [-0.3, -0.25) is 4.79 Å². The molecule has 22 heavy (non-hydrogen) atoms. The Hall–Kier alpha value is -2.08. The minimum absolute atomic E-state index is 0.193. The Morgan fingerprint density at radius 2 is 1.95 bits per heavy atom. The number of hydrogen-bond acceptors (Lipinski definition) is 4. The van der Waals surface area contributed by atoms with Crippen molar-refractivity contribution >= 4 is 17.7 Å². The Morgan fingerprint density at radius 1 is 1.14 bits per heavy atom. The summed E-state index contributed by atoms with van der Waals surface area (Å²) in [6.07, 6.45) is 2.90. The molecular formula is C16H24N2O4. The van der Waals surface area contributed by atoms with Crippen molar-refractivity contribution in [2.75, 3.05) is 26.1 Å². The number of esters is 1. The molecule has 0 heterocycles. The van der Waals surface area contributed by atoms with Gasteiger partial charge in [0.2, 0.25) is 0 Å². The van der Waals surface area contributed by atoms with E-state index in [9.17, 15) is 9.59 Å². The molecule has 0 spiro atoms. The second-order valence-electron chi connectivity index (χ2n) is 4.90.